The highest BCUT2D eigenvalue weighted by Gasteiger charge is 2.24. The van der Waals surface area contributed by atoms with Gasteiger partial charge in [-0.2, -0.15) is 0 Å². The van der Waals surface area contributed by atoms with E-state index in [9.17, 15) is 4.79 Å². The van der Waals surface area contributed by atoms with Gasteiger partial charge < -0.3 is 5.32 Å². The first-order valence-corrected chi connectivity index (χ1v) is 7.16. The van der Waals surface area contributed by atoms with Crippen LogP contribution in [-0.4, -0.2) is 10.9 Å². The quantitative estimate of drug-likeness (QED) is 0.758. The molecule has 1 aromatic heterocycles. The van der Waals surface area contributed by atoms with Crippen molar-refractivity contribution in [2.75, 3.05) is 5.32 Å². The van der Waals surface area contributed by atoms with E-state index < -0.39 is 0 Å². The van der Waals surface area contributed by atoms with Gasteiger partial charge in [0.05, 0.1) is 5.57 Å². The Balaban J connectivity index is 2.11. The zero-order valence-corrected chi connectivity index (χ0v) is 12.8. The summed E-state index contributed by atoms with van der Waals surface area (Å²) >= 11 is 6.87. The number of amides is 1. The third kappa shape index (κ3) is 2.48. The number of aromatic nitrogens is 1. The molecule has 2 heterocycles. The average Bonchev–Trinajstić information content (AvgIpc) is 2.65. The van der Waals surface area contributed by atoms with Gasteiger partial charge in [0.2, 0.25) is 0 Å². The molecule has 5 heteroatoms. The van der Waals surface area contributed by atoms with E-state index in [4.69, 9.17) is 0 Å². The van der Waals surface area contributed by atoms with Crippen molar-refractivity contribution in [1.29, 1.82) is 0 Å². The summed E-state index contributed by atoms with van der Waals surface area (Å²) in [6.07, 6.45) is 3.52. The lowest BCUT2D eigenvalue weighted by Gasteiger charge is -2.00. The van der Waals surface area contributed by atoms with E-state index in [1.807, 2.05) is 36.4 Å². The summed E-state index contributed by atoms with van der Waals surface area (Å²) < 4.78 is 1.91. The van der Waals surface area contributed by atoms with Crippen molar-refractivity contribution >= 4 is 55.2 Å². The van der Waals surface area contributed by atoms with Crippen molar-refractivity contribution in [2.24, 2.45) is 0 Å². The summed E-state index contributed by atoms with van der Waals surface area (Å²) in [6.45, 7) is 0. The Labute approximate surface area is 127 Å². The maximum absolute atomic E-state index is 12.0. The fourth-order valence-electron chi connectivity index (χ4n) is 1.99. The van der Waals surface area contributed by atoms with Crippen LogP contribution >= 0.6 is 31.9 Å². The van der Waals surface area contributed by atoms with E-state index in [2.05, 4.69) is 42.2 Å². The second kappa shape index (κ2) is 4.90. The number of hydrogen-bond acceptors (Lipinski definition) is 2. The molecule has 0 saturated heterocycles. The van der Waals surface area contributed by atoms with E-state index in [0.717, 1.165) is 20.1 Å². The third-order valence-electron chi connectivity index (χ3n) is 2.77. The number of benzene rings is 1. The molecule has 2 aromatic rings. The number of pyridine rings is 1. The Morgan fingerprint density at radius 2 is 1.89 bits per heavy atom. The van der Waals surface area contributed by atoms with Gasteiger partial charge in [0.15, 0.2) is 0 Å². The standard InChI is InChI=1S/C14H8Br2N2O/c15-9-4-8(5-10(16)7-9)6-12-11-2-1-3-17-13(11)18-14(12)19/h1-7H,(H,17,18,19). The number of carbonyl (C=O) groups is 1. The SMILES string of the molecule is O=C1Nc2ncccc2C1=Cc1cc(Br)cc(Br)c1. The highest BCUT2D eigenvalue weighted by atomic mass is 79.9. The molecule has 1 aliphatic rings. The molecule has 0 aliphatic carbocycles. The van der Waals surface area contributed by atoms with Gasteiger partial charge in [0.1, 0.15) is 5.82 Å². The maximum Gasteiger partial charge on any atom is 0.257 e. The number of nitrogens with one attached hydrogen (secondary N) is 1. The number of nitrogens with zero attached hydrogens (tertiary/aromatic N) is 1. The van der Waals surface area contributed by atoms with Crippen LogP contribution in [0.1, 0.15) is 11.1 Å². The molecule has 0 radical (unpaired) electrons. The molecular weight excluding hydrogens is 372 g/mol. The molecule has 0 bridgehead atoms. The molecule has 0 fully saturated rings. The molecule has 3 nitrogen and oxygen atoms in total. The highest BCUT2D eigenvalue weighted by Crippen LogP contribution is 2.32. The van der Waals surface area contributed by atoms with E-state index in [0.29, 0.717) is 11.4 Å². The Hall–Kier alpha value is -1.46. The summed E-state index contributed by atoms with van der Waals surface area (Å²) in [5.41, 5.74) is 2.42. The van der Waals surface area contributed by atoms with E-state index >= 15 is 0 Å². The lowest BCUT2D eigenvalue weighted by Crippen LogP contribution is -2.04. The number of rotatable bonds is 1. The van der Waals surface area contributed by atoms with Gasteiger partial charge >= 0.3 is 0 Å². The number of halogens is 2. The van der Waals surface area contributed by atoms with Gasteiger partial charge in [-0.1, -0.05) is 31.9 Å². The van der Waals surface area contributed by atoms with Crippen molar-refractivity contribution in [3.63, 3.8) is 0 Å². The summed E-state index contributed by atoms with van der Waals surface area (Å²) in [6, 6.07) is 9.58. The molecule has 94 valence electrons. The maximum atomic E-state index is 12.0. The zero-order valence-electron chi connectivity index (χ0n) is 9.65. The van der Waals surface area contributed by atoms with Gasteiger partial charge in [-0.05, 0) is 42.0 Å². The molecule has 1 aromatic carbocycles. The molecule has 0 unspecified atom stereocenters. The van der Waals surface area contributed by atoms with Crippen LogP contribution in [0, 0.1) is 0 Å². The molecule has 1 amide bonds. The third-order valence-corrected chi connectivity index (χ3v) is 3.69. The van der Waals surface area contributed by atoms with Crippen LogP contribution in [0.5, 0.6) is 0 Å². The lowest BCUT2D eigenvalue weighted by atomic mass is 10.1. The van der Waals surface area contributed by atoms with Crippen LogP contribution in [0.2, 0.25) is 0 Å². The normalized spacial score (nSPS) is 15.5. The first-order chi connectivity index (χ1) is 9.13. The van der Waals surface area contributed by atoms with E-state index in [-0.39, 0.29) is 5.91 Å². The predicted molar refractivity (Wildman–Crippen MR) is 82.6 cm³/mol. The van der Waals surface area contributed by atoms with Crippen LogP contribution in [0.15, 0.2) is 45.5 Å². The van der Waals surface area contributed by atoms with E-state index in [1.165, 1.54) is 0 Å². The van der Waals surface area contributed by atoms with Gasteiger partial charge in [-0.15, -0.1) is 0 Å². The first-order valence-electron chi connectivity index (χ1n) is 5.58. The summed E-state index contributed by atoms with van der Waals surface area (Å²) in [5.74, 6) is 0.498. The molecule has 1 N–H and O–H groups in total. The molecule has 3 rings (SSSR count). The fourth-order valence-corrected chi connectivity index (χ4v) is 3.32. The topological polar surface area (TPSA) is 42.0 Å². The lowest BCUT2D eigenvalue weighted by molar-refractivity contribution is -0.110. The minimum atomic E-state index is -0.121. The van der Waals surface area contributed by atoms with E-state index in [1.54, 1.807) is 6.20 Å². The Morgan fingerprint density at radius 3 is 2.63 bits per heavy atom. The van der Waals surface area contributed by atoms with Crippen molar-refractivity contribution in [3.05, 3.63) is 56.6 Å². The molecule has 0 atom stereocenters. The number of hydrogen-bond donors (Lipinski definition) is 1. The molecule has 0 spiro atoms. The van der Waals surface area contributed by atoms with Crippen molar-refractivity contribution in [1.82, 2.24) is 4.98 Å². The number of fused-ring (bicyclic) bond motifs is 1. The minimum absolute atomic E-state index is 0.121. The highest BCUT2D eigenvalue weighted by molar-refractivity contribution is 9.11. The van der Waals surface area contributed by atoms with Crippen molar-refractivity contribution in [2.45, 2.75) is 0 Å². The number of carbonyl (C=O) groups excluding carboxylic acids is 1. The van der Waals surface area contributed by atoms with Crippen molar-refractivity contribution < 1.29 is 4.79 Å². The largest absolute Gasteiger partial charge is 0.306 e. The van der Waals surface area contributed by atoms with Gasteiger partial charge in [0, 0.05) is 20.7 Å². The second-order valence-corrected chi connectivity index (χ2v) is 5.95. The molecular formula is C14H8Br2N2O. The van der Waals surface area contributed by atoms with Gasteiger partial charge in [-0.3, -0.25) is 4.79 Å². The zero-order chi connectivity index (χ0) is 13.4. The minimum Gasteiger partial charge on any atom is -0.306 e. The van der Waals surface area contributed by atoms with Gasteiger partial charge in [0.25, 0.3) is 5.91 Å². The van der Waals surface area contributed by atoms with Crippen LogP contribution < -0.4 is 5.32 Å². The van der Waals surface area contributed by atoms with Crippen LogP contribution in [0.3, 0.4) is 0 Å². The van der Waals surface area contributed by atoms with Crippen LogP contribution in [-0.2, 0) is 4.79 Å². The fraction of sp³-hybridized carbons (Fsp3) is 0. The Morgan fingerprint density at radius 1 is 1.16 bits per heavy atom. The number of anilines is 1. The van der Waals surface area contributed by atoms with Crippen LogP contribution in [0.4, 0.5) is 5.82 Å². The molecule has 1 aliphatic heterocycles. The first kappa shape index (κ1) is 12.6. The molecule has 19 heavy (non-hydrogen) atoms. The Bertz CT molecular complexity index is 690. The van der Waals surface area contributed by atoms with Crippen molar-refractivity contribution in [3.8, 4) is 0 Å². The molecule has 0 saturated carbocycles. The predicted octanol–water partition coefficient (Wildman–Crippen LogP) is 4.10. The average molecular weight is 380 g/mol. The van der Waals surface area contributed by atoms with Crippen LogP contribution in [0.25, 0.3) is 11.6 Å². The summed E-state index contributed by atoms with van der Waals surface area (Å²) in [7, 11) is 0. The summed E-state index contributed by atoms with van der Waals surface area (Å²) in [5, 5.41) is 2.76. The Kier molecular flexibility index (Phi) is 3.24. The second-order valence-electron chi connectivity index (χ2n) is 4.11. The smallest absolute Gasteiger partial charge is 0.257 e. The van der Waals surface area contributed by atoms with Gasteiger partial charge in [-0.25, -0.2) is 4.98 Å². The monoisotopic (exact) mass is 378 g/mol. The summed E-state index contributed by atoms with van der Waals surface area (Å²) in [4.78, 5) is 16.1.